The van der Waals surface area contributed by atoms with Crippen LogP contribution in [0.2, 0.25) is 0 Å². The smallest absolute Gasteiger partial charge is 0.444 e. The molecule has 6 nitrogen and oxygen atoms in total. The largest absolute Gasteiger partial charge is 0.534 e. The molecule has 1 atom stereocenters. The second-order valence-corrected chi connectivity index (χ2v) is 6.26. The van der Waals surface area contributed by atoms with E-state index in [0.717, 1.165) is 12.1 Å². The summed E-state index contributed by atoms with van der Waals surface area (Å²) in [6.45, 7) is 0.402. The van der Waals surface area contributed by atoms with Gasteiger partial charge in [0.2, 0.25) is 0 Å². The highest BCUT2D eigenvalue weighted by Crippen LogP contribution is 2.27. The van der Waals surface area contributed by atoms with Crippen molar-refractivity contribution in [3.63, 3.8) is 0 Å². The van der Waals surface area contributed by atoms with Gasteiger partial charge in [-0.2, -0.15) is 21.6 Å². The highest BCUT2D eigenvalue weighted by molar-refractivity contribution is 7.87. The third-order valence-corrected chi connectivity index (χ3v) is 3.91. The zero-order valence-corrected chi connectivity index (χ0v) is 12.1. The molecular formula is C12H12F3NO5S. The van der Waals surface area contributed by atoms with Crippen LogP contribution in [0.4, 0.5) is 18.0 Å². The Morgan fingerprint density at radius 2 is 1.91 bits per heavy atom. The number of carbonyl (C=O) groups is 1. The van der Waals surface area contributed by atoms with Crippen LogP contribution in [0.5, 0.6) is 5.75 Å². The minimum absolute atomic E-state index is 0.358. The molecule has 22 heavy (non-hydrogen) atoms. The zero-order valence-electron chi connectivity index (χ0n) is 11.3. The normalized spacial score (nSPS) is 19.2. The van der Waals surface area contributed by atoms with Crippen LogP contribution in [0.3, 0.4) is 0 Å². The summed E-state index contributed by atoms with van der Waals surface area (Å²) in [4.78, 5) is 12.6. The first-order valence-electron chi connectivity index (χ1n) is 6.10. The van der Waals surface area contributed by atoms with E-state index in [1.807, 2.05) is 0 Å². The summed E-state index contributed by atoms with van der Waals surface area (Å²) in [5.74, 6) is -0.443. The van der Waals surface area contributed by atoms with Crippen LogP contribution in [0.25, 0.3) is 0 Å². The van der Waals surface area contributed by atoms with E-state index >= 15 is 0 Å². The number of amides is 1. The quantitative estimate of drug-likeness (QED) is 0.619. The Morgan fingerprint density at radius 3 is 2.36 bits per heavy atom. The molecule has 1 aromatic carbocycles. The minimum atomic E-state index is -5.68. The number of rotatable bonds is 4. The summed E-state index contributed by atoms with van der Waals surface area (Å²) >= 11 is 0. The van der Waals surface area contributed by atoms with Gasteiger partial charge < -0.3 is 13.8 Å². The van der Waals surface area contributed by atoms with Crippen molar-refractivity contribution in [2.45, 2.75) is 18.0 Å². The topological polar surface area (TPSA) is 72.9 Å². The third-order valence-electron chi connectivity index (χ3n) is 2.93. The molecular weight excluding hydrogens is 327 g/mol. The summed E-state index contributed by atoms with van der Waals surface area (Å²) < 4.78 is 67.2. The third kappa shape index (κ3) is 3.62. The Balaban J connectivity index is 2.01. The number of cyclic esters (lactones) is 1. The summed E-state index contributed by atoms with van der Waals surface area (Å²) in [5, 5.41) is 0. The van der Waals surface area contributed by atoms with Crippen LogP contribution in [-0.2, 0) is 21.3 Å². The first-order valence-corrected chi connectivity index (χ1v) is 7.51. The van der Waals surface area contributed by atoms with Crippen molar-refractivity contribution >= 4 is 16.2 Å². The van der Waals surface area contributed by atoms with Gasteiger partial charge in [-0.1, -0.05) is 12.1 Å². The van der Waals surface area contributed by atoms with E-state index in [4.69, 9.17) is 4.74 Å². The molecule has 10 heteroatoms. The molecule has 0 radical (unpaired) electrons. The number of ether oxygens (including phenoxy) is 1. The Hall–Kier alpha value is -1.97. The van der Waals surface area contributed by atoms with E-state index < -0.39 is 27.5 Å². The molecule has 1 fully saturated rings. The second-order valence-electron chi connectivity index (χ2n) is 4.72. The average Bonchev–Trinajstić information content (AvgIpc) is 2.69. The summed E-state index contributed by atoms with van der Waals surface area (Å²) in [6, 6.07) is 5.04. The molecule has 1 aliphatic rings. The van der Waals surface area contributed by atoms with Crippen molar-refractivity contribution in [1.82, 2.24) is 4.90 Å². The maximum absolute atomic E-state index is 12.2. The van der Waals surface area contributed by atoms with Gasteiger partial charge in [0, 0.05) is 13.5 Å². The molecule has 122 valence electrons. The average molecular weight is 339 g/mol. The van der Waals surface area contributed by atoms with Gasteiger partial charge in [0.25, 0.3) is 0 Å². The molecule has 0 aromatic heterocycles. The SMILES string of the molecule is CN1CC(Cc2ccc(OS(=O)(=O)C(F)(F)F)cc2)OC1=O. The van der Waals surface area contributed by atoms with Crippen molar-refractivity contribution in [1.29, 1.82) is 0 Å². The monoisotopic (exact) mass is 339 g/mol. The number of halogens is 3. The van der Waals surface area contributed by atoms with Crippen LogP contribution in [0.1, 0.15) is 5.56 Å². The van der Waals surface area contributed by atoms with Crippen LogP contribution >= 0.6 is 0 Å². The zero-order chi connectivity index (χ0) is 16.5. The number of nitrogens with zero attached hydrogens (tertiary/aromatic N) is 1. The lowest BCUT2D eigenvalue weighted by Gasteiger charge is -2.11. The molecule has 0 bridgehead atoms. The van der Waals surface area contributed by atoms with Gasteiger partial charge in [-0.25, -0.2) is 4.79 Å². The molecule has 0 spiro atoms. The highest BCUT2D eigenvalue weighted by atomic mass is 32.2. The van der Waals surface area contributed by atoms with Crippen molar-refractivity contribution < 1.29 is 35.3 Å². The highest BCUT2D eigenvalue weighted by Gasteiger charge is 2.48. The summed E-state index contributed by atoms with van der Waals surface area (Å²) in [7, 11) is -4.09. The molecule has 1 aromatic rings. The van der Waals surface area contributed by atoms with Crippen molar-refractivity contribution in [3.8, 4) is 5.75 Å². The fraction of sp³-hybridized carbons (Fsp3) is 0.417. The van der Waals surface area contributed by atoms with Crippen molar-refractivity contribution in [2.24, 2.45) is 0 Å². The van der Waals surface area contributed by atoms with E-state index in [1.54, 1.807) is 7.05 Å². The lowest BCUT2D eigenvalue weighted by atomic mass is 10.1. The molecule has 1 amide bonds. The first-order chi connectivity index (χ1) is 10.1. The van der Waals surface area contributed by atoms with Crippen molar-refractivity contribution in [2.75, 3.05) is 13.6 Å². The van der Waals surface area contributed by atoms with Gasteiger partial charge in [-0.05, 0) is 17.7 Å². The fourth-order valence-electron chi connectivity index (χ4n) is 1.87. The number of hydrogen-bond acceptors (Lipinski definition) is 5. The lowest BCUT2D eigenvalue weighted by molar-refractivity contribution is -0.0500. The Kier molecular flexibility index (Phi) is 4.23. The minimum Gasteiger partial charge on any atom is -0.444 e. The predicted octanol–water partition coefficient (Wildman–Crippen LogP) is 1.91. The molecule has 0 N–H and O–H groups in total. The van der Waals surface area contributed by atoms with Gasteiger partial charge in [-0.15, -0.1) is 0 Å². The van der Waals surface area contributed by atoms with E-state index in [2.05, 4.69) is 4.18 Å². The Bertz CT molecular complexity index is 656. The number of hydrogen-bond donors (Lipinski definition) is 0. The Labute approximate surface area is 124 Å². The number of alkyl halides is 3. The maximum atomic E-state index is 12.2. The summed E-state index contributed by atoms with van der Waals surface area (Å²) in [6.07, 6.45) is -0.438. The lowest BCUT2D eigenvalue weighted by Crippen LogP contribution is -2.28. The second kappa shape index (κ2) is 5.67. The molecule has 1 aliphatic heterocycles. The molecule has 1 heterocycles. The first kappa shape index (κ1) is 16.4. The Morgan fingerprint density at radius 1 is 1.32 bits per heavy atom. The van der Waals surface area contributed by atoms with Crippen LogP contribution in [0, 0.1) is 0 Å². The van der Waals surface area contributed by atoms with Gasteiger partial charge in [0.15, 0.2) is 0 Å². The predicted molar refractivity (Wildman–Crippen MR) is 68.6 cm³/mol. The van der Waals surface area contributed by atoms with Gasteiger partial charge in [0.1, 0.15) is 11.9 Å². The van der Waals surface area contributed by atoms with Gasteiger partial charge >= 0.3 is 21.7 Å². The standard InChI is InChI=1S/C12H12F3NO5S/c1-16-7-10(20-11(16)17)6-8-2-4-9(5-3-8)21-22(18,19)12(13,14)15/h2-5,10H,6-7H2,1H3. The fourth-order valence-corrected chi connectivity index (χ4v) is 2.33. The summed E-state index contributed by atoms with van der Waals surface area (Å²) in [5.41, 5.74) is -4.81. The number of likely N-dealkylation sites (N-methyl/N-ethyl adjacent to an activating group) is 1. The van der Waals surface area contributed by atoms with Crippen LogP contribution in [0.15, 0.2) is 24.3 Å². The molecule has 1 saturated heterocycles. The van der Waals surface area contributed by atoms with Gasteiger partial charge in [0.05, 0.1) is 6.54 Å². The van der Waals surface area contributed by atoms with Crippen LogP contribution < -0.4 is 4.18 Å². The molecule has 0 aliphatic carbocycles. The van der Waals surface area contributed by atoms with E-state index in [0.29, 0.717) is 18.5 Å². The van der Waals surface area contributed by atoms with Crippen molar-refractivity contribution in [3.05, 3.63) is 29.8 Å². The van der Waals surface area contributed by atoms with E-state index in [-0.39, 0.29) is 6.10 Å². The molecule has 2 rings (SSSR count). The van der Waals surface area contributed by atoms with E-state index in [1.165, 1.54) is 17.0 Å². The maximum Gasteiger partial charge on any atom is 0.534 e. The van der Waals surface area contributed by atoms with E-state index in [9.17, 15) is 26.4 Å². The van der Waals surface area contributed by atoms with Gasteiger partial charge in [-0.3, -0.25) is 0 Å². The van der Waals surface area contributed by atoms with Crippen LogP contribution in [-0.4, -0.2) is 44.6 Å². The molecule has 1 unspecified atom stereocenters. The number of benzene rings is 1. The molecule has 0 saturated carbocycles. The number of carbonyl (C=O) groups excluding carboxylic acids is 1.